The van der Waals surface area contributed by atoms with Gasteiger partial charge in [-0.15, -0.1) is 5.10 Å². The number of aromatic nitrogens is 3. The number of hydrogen-bond acceptors (Lipinski definition) is 4. The second kappa shape index (κ2) is 6.49. The molecule has 7 heteroatoms. The second-order valence-corrected chi connectivity index (χ2v) is 4.65. The van der Waals surface area contributed by atoms with Crippen LogP contribution in [0.5, 0.6) is 0 Å². The average Bonchev–Trinajstić information content (AvgIpc) is 2.82. The first-order valence-corrected chi connectivity index (χ1v) is 6.38. The van der Waals surface area contributed by atoms with Gasteiger partial charge in [0, 0.05) is 18.6 Å². The van der Waals surface area contributed by atoms with Crippen LogP contribution >= 0.6 is 11.6 Å². The van der Waals surface area contributed by atoms with Crippen LogP contribution in [0.3, 0.4) is 0 Å². The van der Waals surface area contributed by atoms with E-state index in [0.29, 0.717) is 30.3 Å². The third-order valence-electron chi connectivity index (χ3n) is 2.83. The summed E-state index contributed by atoms with van der Waals surface area (Å²) in [5, 5.41) is 17.4. The van der Waals surface area contributed by atoms with E-state index in [4.69, 9.17) is 21.4 Å². The van der Waals surface area contributed by atoms with E-state index in [1.807, 2.05) is 12.1 Å². The molecule has 0 fully saturated rings. The lowest BCUT2D eigenvalue weighted by Crippen LogP contribution is -2.11. The van der Waals surface area contributed by atoms with Crippen LogP contribution in [0.15, 0.2) is 24.3 Å². The Morgan fingerprint density at radius 1 is 1.40 bits per heavy atom. The van der Waals surface area contributed by atoms with Gasteiger partial charge in [0.05, 0.1) is 18.8 Å². The minimum atomic E-state index is -1.08. The lowest BCUT2D eigenvalue weighted by atomic mass is 10.2. The maximum atomic E-state index is 11.1. The van der Waals surface area contributed by atoms with Crippen LogP contribution in [0.1, 0.15) is 21.7 Å². The summed E-state index contributed by atoms with van der Waals surface area (Å²) in [4.78, 5) is 11.1. The molecule has 6 nitrogen and oxygen atoms in total. The summed E-state index contributed by atoms with van der Waals surface area (Å²) in [7, 11) is 1.56. The first-order valence-electron chi connectivity index (χ1n) is 6.01. The van der Waals surface area contributed by atoms with Crippen LogP contribution in [0, 0.1) is 0 Å². The van der Waals surface area contributed by atoms with Crippen LogP contribution in [-0.2, 0) is 17.7 Å². The minimum absolute atomic E-state index is 0.0315. The SMILES string of the molecule is COCCc1c(C(=O)O)nnn1Cc1ccc(Cl)cc1. The molecule has 2 aromatic rings. The summed E-state index contributed by atoms with van der Waals surface area (Å²) in [5.74, 6) is -1.08. The van der Waals surface area contributed by atoms with Crippen molar-refractivity contribution in [2.45, 2.75) is 13.0 Å². The van der Waals surface area contributed by atoms with E-state index in [-0.39, 0.29) is 5.69 Å². The Hall–Kier alpha value is -1.92. The van der Waals surface area contributed by atoms with Crippen molar-refractivity contribution < 1.29 is 14.6 Å². The molecule has 1 aromatic carbocycles. The van der Waals surface area contributed by atoms with Gasteiger partial charge >= 0.3 is 5.97 Å². The van der Waals surface area contributed by atoms with Crippen molar-refractivity contribution in [2.24, 2.45) is 0 Å². The van der Waals surface area contributed by atoms with E-state index in [1.54, 1.807) is 23.9 Å². The minimum Gasteiger partial charge on any atom is -0.476 e. The third kappa shape index (κ3) is 3.34. The summed E-state index contributed by atoms with van der Waals surface area (Å²) in [6.07, 6.45) is 0.443. The maximum Gasteiger partial charge on any atom is 0.358 e. The molecule has 2 rings (SSSR count). The lowest BCUT2D eigenvalue weighted by Gasteiger charge is -2.07. The molecule has 0 radical (unpaired) electrons. The van der Waals surface area contributed by atoms with Gasteiger partial charge in [0.2, 0.25) is 0 Å². The zero-order chi connectivity index (χ0) is 14.5. The molecule has 0 unspecified atom stereocenters. The summed E-state index contributed by atoms with van der Waals surface area (Å²) in [6, 6.07) is 7.29. The van der Waals surface area contributed by atoms with Gasteiger partial charge in [-0.2, -0.15) is 0 Å². The van der Waals surface area contributed by atoms with E-state index in [2.05, 4.69) is 10.3 Å². The highest BCUT2D eigenvalue weighted by molar-refractivity contribution is 6.30. The van der Waals surface area contributed by atoms with Crippen molar-refractivity contribution in [2.75, 3.05) is 13.7 Å². The lowest BCUT2D eigenvalue weighted by molar-refractivity contribution is 0.0688. The highest BCUT2D eigenvalue weighted by Crippen LogP contribution is 2.13. The molecule has 1 N–H and O–H groups in total. The fourth-order valence-electron chi connectivity index (χ4n) is 1.83. The van der Waals surface area contributed by atoms with Crippen molar-refractivity contribution in [3.63, 3.8) is 0 Å². The molecule has 0 bridgehead atoms. The van der Waals surface area contributed by atoms with Crippen LogP contribution in [-0.4, -0.2) is 39.8 Å². The predicted molar refractivity (Wildman–Crippen MR) is 73.1 cm³/mol. The van der Waals surface area contributed by atoms with Crippen LogP contribution in [0.2, 0.25) is 5.02 Å². The van der Waals surface area contributed by atoms with Crippen molar-refractivity contribution in [3.05, 3.63) is 46.2 Å². The largest absolute Gasteiger partial charge is 0.476 e. The Kier molecular flexibility index (Phi) is 4.70. The number of hydrogen-bond donors (Lipinski definition) is 1. The summed E-state index contributed by atoms with van der Waals surface area (Å²) >= 11 is 5.83. The molecule has 0 saturated carbocycles. The summed E-state index contributed by atoms with van der Waals surface area (Å²) in [5.41, 5.74) is 1.49. The molecule has 1 heterocycles. The van der Waals surface area contributed by atoms with Gasteiger partial charge in [0.15, 0.2) is 5.69 Å². The molecule has 0 aliphatic carbocycles. The van der Waals surface area contributed by atoms with E-state index >= 15 is 0 Å². The van der Waals surface area contributed by atoms with Gasteiger partial charge in [-0.25, -0.2) is 9.48 Å². The van der Waals surface area contributed by atoms with Gasteiger partial charge < -0.3 is 9.84 Å². The molecule has 0 spiro atoms. The predicted octanol–water partition coefficient (Wildman–Crippen LogP) is 1.87. The van der Waals surface area contributed by atoms with Gasteiger partial charge in [-0.3, -0.25) is 0 Å². The maximum absolute atomic E-state index is 11.1. The van der Waals surface area contributed by atoms with Crippen LogP contribution < -0.4 is 0 Å². The topological polar surface area (TPSA) is 77.2 Å². The van der Waals surface area contributed by atoms with E-state index in [9.17, 15) is 4.79 Å². The van der Waals surface area contributed by atoms with Crippen molar-refractivity contribution in [1.82, 2.24) is 15.0 Å². The molecule has 106 valence electrons. The van der Waals surface area contributed by atoms with Gasteiger partial charge in [0.25, 0.3) is 0 Å². The Bertz CT molecular complexity index is 595. The van der Waals surface area contributed by atoms with E-state index in [1.165, 1.54) is 0 Å². The first-order chi connectivity index (χ1) is 9.61. The molecule has 0 aliphatic rings. The Labute approximate surface area is 120 Å². The third-order valence-corrected chi connectivity index (χ3v) is 3.08. The number of carboxylic acid groups (broad SMARTS) is 1. The Morgan fingerprint density at radius 3 is 2.70 bits per heavy atom. The normalized spacial score (nSPS) is 10.7. The summed E-state index contributed by atoms with van der Waals surface area (Å²) in [6.45, 7) is 0.852. The highest BCUT2D eigenvalue weighted by Gasteiger charge is 2.18. The number of nitrogens with zero attached hydrogens (tertiary/aromatic N) is 3. The standard InChI is InChI=1S/C13H14ClN3O3/c1-20-7-6-11-12(13(18)19)15-16-17(11)8-9-2-4-10(14)5-3-9/h2-5H,6-8H2,1H3,(H,18,19). The quantitative estimate of drug-likeness (QED) is 0.880. The van der Waals surface area contributed by atoms with E-state index in [0.717, 1.165) is 5.56 Å². The molecule has 1 aromatic heterocycles. The molecule has 0 amide bonds. The highest BCUT2D eigenvalue weighted by atomic mass is 35.5. The zero-order valence-corrected chi connectivity index (χ0v) is 11.7. The number of methoxy groups -OCH3 is 1. The number of aromatic carboxylic acids is 1. The van der Waals surface area contributed by atoms with Gasteiger partial charge in [-0.05, 0) is 17.7 Å². The number of carbonyl (C=O) groups is 1. The van der Waals surface area contributed by atoms with Gasteiger partial charge in [-0.1, -0.05) is 28.9 Å². The zero-order valence-electron chi connectivity index (χ0n) is 10.9. The first kappa shape index (κ1) is 14.5. The monoisotopic (exact) mass is 295 g/mol. The molecular formula is C13H14ClN3O3. The fraction of sp³-hybridized carbons (Fsp3) is 0.308. The smallest absolute Gasteiger partial charge is 0.358 e. The molecule has 0 atom stereocenters. The average molecular weight is 296 g/mol. The Morgan fingerprint density at radius 2 is 2.10 bits per heavy atom. The van der Waals surface area contributed by atoms with Gasteiger partial charge in [0.1, 0.15) is 0 Å². The number of halogens is 1. The number of rotatable bonds is 6. The molecule has 0 aliphatic heterocycles. The number of ether oxygens (including phenoxy) is 1. The number of benzene rings is 1. The van der Waals surface area contributed by atoms with Crippen molar-refractivity contribution in [3.8, 4) is 0 Å². The van der Waals surface area contributed by atoms with E-state index < -0.39 is 5.97 Å². The van der Waals surface area contributed by atoms with Crippen molar-refractivity contribution >= 4 is 17.6 Å². The van der Waals surface area contributed by atoms with Crippen LogP contribution in [0.4, 0.5) is 0 Å². The molecule has 20 heavy (non-hydrogen) atoms. The van der Waals surface area contributed by atoms with Crippen LogP contribution in [0.25, 0.3) is 0 Å². The Balaban J connectivity index is 2.26. The molecule has 0 saturated heterocycles. The molecular weight excluding hydrogens is 282 g/mol. The second-order valence-electron chi connectivity index (χ2n) is 4.22. The fourth-order valence-corrected chi connectivity index (χ4v) is 1.96. The summed E-state index contributed by atoms with van der Waals surface area (Å²) < 4.78 is 6.57. The van der Waals surface area contributed by atoms with Crippen molar-refractivity contribution in [1.29, 1.82) is 0 Å². The number of carboxylic acids is 1.